The molecule has 7 aromatic carbocycles. The fourth-order valence-corrected chi connectivity index (χ4v) is 8.17. The summed E-state index contributed by atoms with van der Waals surface area (Å²) in [5, 5.41) is 6.83. The lowest BCUT2D eigenvalue weighted by atomic mass is 9.93. The number of para-hydroxylation sites is 1. The fourth-order valence-electron chi connectivity index (χ4n) is 7.03. The van der Waals surface area contributed by atoms with Crippen LogP contribution in [-0.2, 0) is 0 Å². The Labute approximate surface area is 279 Å². The van der Waals surface area contributed by atoms with Crippen molar-refractivity contribution >= 4 is 64.2 Å². The molecule has 224 valence electrons. The van der Waals surface area contributed by atoms with Gasteiger partial charge < -0.3 is 4.42 Å². The average Bonchev–Trinajstić information content (AvgIpc) is 3.73. The molecule has 0 atom stereocenters. The van der Waals surface area contributed by atoms with Crippen LogP contribution in [-0.4, -0.2) is 15.0 Å². The van der Waals surface area contributed by atoms with Crippen molar-refractivity contribution in [2.45, 2.75) is 0 Å². The molecule has 5 heteroatoms. The van der Waals surface area contributed by atoms with Gasteiger partial charge in [0.05, 0.1) is 0 Å². The second kappa shape index (κ2) is 10.7. The Morgan fingerprint density at radius 3 is 1.79 bits per heavy atom. The Hall–Kier alpha value is -6.17. The van der Waals surface area contributed by atoms with Gasteiger partial charge in [0.2, 0.25) is 0 Å². The van der Waals surface area contributed by atoms with Gasteiger partial charge in [0, 0.05) is 47.6 Å². The number of hydrogen-bond donors (Lipinski definition) is 0. The van der Waals surface area contributed by atoms with Crippen LogP contribution in [0, 0.1) is 0 Å². The molecule has 0 aliphatic rings. The number of thiophene rings is 1. The standard InChI is InChI=1S/C43H25N3OS/c1-2-12-26(13-3-1)41-44-42(46-43(45-41)34-21-11-25-38-40(34)33-15-5-7-24-37(33)48-38)31-20-9-16-27-28(17-8-18-29(27)31)30-19-10-23-36-39(30)32-14-4-6-22-35(32)47-36/h1-25H. The monoisotopic (exact) mass is 631 g/mol. The van der Waals surface area contributed by atoms with Gasteiger partial charge >= 0.3 is 0 Å². The highest BCUT2D eigenvalue weighted by Crippen LogP contribution is 2.42. The summed E-state index contributed by atoms with van der Waals surface area (Å²) in [6.07, 6.45) is 0. The highest BCUT2D eigenvalue weighted by molar-refractivity contribution is 7.25. The maximum Gasteiger partial charge on any atom is 0.164 e. The zero-order chi connectivity index (χ0) is 31.6. The Balaban J connectivity index is 1.23. The Kier molecular flexibility index (Phi) is 6.01. The minimum absolute atomic E-state index is 0.644. The predicted octanol–water partition coefficient (Wildman–Crippen LogP) is 12.0. The quantitative estimate of drug-likeness (QED) is 0.194. The molecular formula is C43H25N3OS. The number of nitrogens with zero attached hydrogens (tertiary/aromatic N) is 3. The molecule has 10 aromatic rings. The van der Waals surface area contributed by atoms with Crippen LogP contribution >= 0.6 is 11.3 Å². The molecule has 0 saturated carbocycles. The van der Waals surface area contributed by atoms with E-state index in [4.69, 9.17) is 19.4 Å². The summed E-state index contributed by atoms with van der Waals surface area (Å²) in [5.41, 5.74) is 6.96. The van der Waals surface area contributed by atoms with Crippen LogP contribution < -0.4 is 0 Å². The second-order valence-electron chi connectivity index (χ2n) is 11.9. The zero-order valence-electron chi connectivity index (χ0n) is 25.6. The van der Waals surface area contributed by atoms with E-state index in [0.29, 0.717) is 17.5 Å². The van der Waals surface area contributed by atoms with E-state index in [1.165, 1.54) is 20.2 Å². The molecule has 0 N–H and O–H groups in total. The summed E-state index contributed by atoms with van der Waals surface area (Å²) in [6.45, 7) is 0. The molecule has 0 radical (unpaired) electrons. The fraction of sp³-hybridized carbons (Fsp3) is 0. The molecule has 0 unspecified atom stereocenters. The summed E-state index contributed by atoms with van der Waals surface area (Å²) in [5.74, 6) is 1.95. The summed E-state index contributed by atoms with van der Waals surface area (Å²) >= 11 is 1.80. The van der Waals surface area contributed by atoms with Crippen molar-refractivity contribution in [3.05, 3.63) is 152 Å². The first-order valence-electron chi connectivity index (χ1n) is 15.9. The molecule has 48 heavy (non-hydrogen) atoms. The molecule has 10 rings (SSSR count). The van der Waals surface area contributed by atoms with Gasteiger partial charge in [0.15, 0.2) is 17.5 Å². The van der Waals surface area contributed by atoms with Gasteiger partial charge in [-0.3, -0.25) is 0 Å². The molecule has 0 bridgehead atoms. The van der Waals surface area contributed by atoms with Gasteiger partial charge in [-0.1, -0.05) is 127 Å². The molecule has 4 nitrogen and oxygen atoms in total. The van der Waals surface area contributed by atoms with Gasteiger partial charge in [-0.2, -0.15) is 0 Å². The summed E-state index contributed by atoms with van der Waals surface area (Å²) in [6, 6.07) is 52.6. The van der Waals surface area contributed by atoms with Crippen molar-refractivity contribution in [3.8, 4) is 45.3 Å². The summed E-state index contributed by atoms with van der Waals surface area (Å²) < 4.78 is 8.72. The van der Waals surface area contributed by atoms with Crippen LogP contribution in [0.25, 0.3) is 98.2 Å². The van der Waals surface area contributed by atoms with Crippen molar-refractivity contribution < 1.29 is 4.42 Å². The first kappa shape index (κ1) is 27.0. The predicted molar refractivity (Wildman–Crippen MR) is 199 cm³/mol. The molecule has 0 aliphatic heterocycles. The van der Waals surface area contributed by atoms with Gasteiger partial charge in [-0.05, 0) is 46.2 Å². The lowest BCUT2D eigenvalue weighted by Crippen LogP contribution is -2.01. The molecule has 3 heterocycles. The summed E-state index contributed by atoms with van der Waals surface area (Å²) in [4.78, 5) is 15.5. The van der Waals surface area contributed by atoms with E-state index in [-0.39, 0.29) is 0 Å². The SMILES string of the molecule is c1ccc(-c2nc(-c3cccc4c(-c5cccc6oc7ccccc7c56)cccc34)nc(-c3cccc4sc5ccccc5c34)n2)cc1. The first-order valence-corrected chi connectivity index (χ1v) is 16.8. The van der Waals surface area contributed by atoms with E-state index in [2.05, 4.69) is 115 Å². The maximum atomic E-state index is 6.26. The van der Waals surface area contributed by atoms with Crippen molar-refractivity contribution in [1.29, 1.82) is 0 Å². The van der Waals surface area contributed by atoms with Crippen molar-refractivity contribution in [2.75, 3.05) is 0 Å². The molecule has 3 aromatic heterocycles. The van der Waals surface area contributed by atoms with Gasteiger partial charge in [-0.15, -0.1) is 11.3 Å². The maximum absolute atomic E-state index is 6.26. The van der Waals surface area contributed by atoms with E-state index in [1.54, 1.807) is 11.3 Å². The number of fused-ring (bicyclic) bond motifs is 7. The number of aromatic nitrogens is 3. The zero-order valence-corrected chi connectivity index (χ0v) is 26.4. The largest absolute Gasteiger partial charge is 0.456 e. The lowest BCUT2D eigenvalue weighted by molar-refractivity contribution is 0.669. The van der Waals surface area contributed by atoms with E-state index in [0.717, 1.165) is 60.5 Å². The molecule has 0 spiro atoms. The van der Waals surface area contributed by atoms with Gasteiger partial charge in [0.25, 0.3) is 0 Å². The van der Waals surface area contributed by atoms with Crippen LogP contribution in [0.3, 0.4) is 0 Å². The van der Waals surface area contributed by atoms with Crippen LogP contribution in [0.1, 0.15) is 0 Å². The van der Waals surface area contributed by atoms with Crippen LogP contribution in [0.15, 0.2) is 156 Å². The Morgan fingerprint density at radius 1 is 0.354 bits per heavy atom. The highest BCUT2D eigenvalue weighted by Gasteiger charge is 2.19. The van der Waals surface area contributed by atoms with Crippen LogP contribution in [0.4, 0.5) is 0 Å². The summed E-state index contributed by atoms with van der Waals surface area (Å²) in [7, 11) is 0. The lowest BCUT2D eigenvalue weighted by Gasteiger charge is -2.13. The molecule has 0 aliphatic carbocycles. The normalized spacial score (nSPS) is 11.8. The third kappa shape index (κ3) is 4.18. The van der Waals surface area contributed by atoms with Crippen molar-refractivity contribution in [3.63, 3.8) is 0 Å². The number of hydrogen-bond acceptors (Lipinski definition) is 5. The average molecular weight is 632 g/mol. The molecular weight excluding hydrogens is 607 g/mol. The Bertz CT molecular complexity index is 2850. The topological polar surface area (TPSA) is 51.8 Å². The van der Waals surface area contributed by atoms with E-state index < -0.39 is 0 Å². The number of rotatable bonds is 4. The third-order valence-corrected chi connectivity index (χ3v) is 10.3. The highest BCUT2D eigenvalue weighted by atomic mass is 32.1. The van der Waals surface area contributed by atoms with Crippen molar-refractivity contribution in [2.24, 2.45) is 0 Å². The number of furan rings is 1. The minimum atomic E-state index is 0.644. The van der Waals surface area contributed by atoms with Crippen LogP contribution in [0.2, 0.25) is 0 Å². The first-order chi connectivity index (χ1) is 23.8. The smallest absolute Gasteiger partial charge is 0.164 e. The minimum Gasteiger partial charge on any atom is -0.456 e. The Morgan fingerprint density at radius 2 is 0.917 bits per heavy atom. The van der Waals surface area contributed by atoms with E-state index >= 15 is 0 Å². The molecule has 0 fully saturated rings. The van der Waals surface area contributed by atoms with E-state index in [9.17, 15) is 0 Å². The van der Waals surface area contributed by atoms with Crippen LogP contribution in [0.5, 0.6) is 0 Å². The molecule has 0 amide bonds. The van der Waals surface area contributed by atoms with Crippen molar-refractivity contribution in [1.82, 2.24) is 15.0 Å². The van der Waals surface area contributed by atoms with Gasteiger partial charge in [0.1, 0.15) is 11.2 Å². The van der Waals surface area contributed by atoms with E-state index in [1.807, 2.05) is 36.4 Å². The number of benzene rings is 7. The third-order valence-electron chi connectivity index (χ3n) is 9.17. The molecule has 0 saturated heterocycles. The van der Waals surface area contributed by atoms with Gasteiger partial charge in [-0.25, -0.2) is 15.0 Å². The second-order valence-corrected chi connectivity index (χ2v) is 13.0.